The van der Waals surface area contributed by atoms with E-state index in [-0.39, 0.29) is 22.3 Å². The molecule has 12 heteroatoms. The molecule has 1 saturated heterocycles. The minimum atomic E-state index is -0.999. The molecule has 6 rings (SSSR count). The molecule has 1 aromatic heterocycles. The molecular formula is C32H28FN3O6S2. The highest BCUT2D eigenvalue weighted by atomic mass is 32.2. The number of fused-ring (bicyclic) bond motifs is 1. The van der Waals surface area contributed by atoms with Crippen LogP contribution in [0.1, 0.15) is 42.5 Å². The maximum absolute atomic E-state index is 13.6. The van der Waals surface area contributed by atoms with Gasteiger partial charge in [-0.15, -0.1) is 10.2 Å². The van der Waals surface area contributed by atoms with Crippen LogP contribution in [0, 0.1) is 5.82 Å². The first-order valence-corrected chi connectivity index (χ1v) is 15.9. The van der Waals surface area contributed by atoms with E-state index < -0.39 is 17.7 Å². The number of ether oxygens (including phenoxy) is 3. The van der Waals surface area contributed by atoms with Crippen molar-refractivity contribution in [3.8, 4) is 17.2 Å². The summed E-state index contributed by atoms with van der Waals surface area (Å²) in [4.78, 5) is 28.6. The zero-order chi connectivity index (χ0) is 30.6. The van der Waals surface area contributed by atoms with Crippen LogP contribution in [0.2, 0.25) is 0 Å². The summed E-state index contributed by atoms with van der Waals surface area (Å²) in [5, 5.41) is 20.3. The number of carbonyl (C=O) groups excluding carboxylic acids is 2. The molecule has 3 aromatic carbocycles. The Balaban J connectivity index is 1.38. The number of aromatic nitrogens is 2. The SMILES string of the molecule is CCCCOc1cccc(C2C(=C(O)c3ccc4c(c3)OCCO4)C(=O)C(=O)N2c2nnc(SCc3ccc(F)cc3)s2)c1. The largest absolute Gasteiger partial charge is 0.507 e. The third-order valence-corrected chi connectivity index (χ3v) is 9.20. The van der Waals surface area contributed by atoms with Crippen LogP contribution in [-0.4, -0.2) is 46.8 Å². The molecule has 9 nitrogen and oxygen atoms in total. The molecule has 0 aliphatic carbocycles. The summed E-state index contributed by atoms with van der Waals surface area (Å²) in [6, 6.07) is 17.2. The zero-order valence-corrected chi connectivity index (χ0v) is 25.3. The molecule has 3 heterocycles. The normalized spacial score (nSPS) is 17.2. The van der Waals surface area contributed by atoms with Crippen molar-refractivity contribution in [2.75, 3.05) is 24.7 Å². The predicted octanol–water partition coefficient (Wildman–Crippen LogP) is 6.55. The summed E-state index contributed by atoms with van der Waals surface area (Å²) in [5.74, 6) is -0.297. The summed E-state index contributed by atoms with van der Waals surface area (Å²) in [7, 11) is 0. The summed E-state index contributed by atoms with van der Waals surface area (Å²) in [6.45, 7) is 3.35. The van der Waals surface area contributed by atoms with Crippen molar-refractivity contribution >= 4 is 45.7 Å². The summed E-state index contributed by atoms with van der Waals surface area (Å²) in [5.41, 5.74) is 1.68. The lowest BCUT2D eigenvalue weighted by molar-refractivity contribution is -0.132. The van der Waals surface area contributed by atoms with Gasteiger partial charge in [-0.05, 0) is 60.0 Å². The number of aliphatic hydroxyl groups excluding tert-OH is 1. The number of halogens is 1. The number of amides is 1. The number of anilines is 1. The van der Waals surface area contributed by atoms with Crippen molar-refractivity contribution in [2.24, 2.45) is 0 Å². The first kappa shape index (κ1) is 29.6. The highest BCUT2D eigenvalue weighted by Gasteiger charge is 2.48. The van der Waals surface area contributed by atoms with Gasteiger partial charge in [-0.25, -0.2) is 4.39 Å². The Bertz CT molecular complexity index is 1730. The molecule has 0 spiro atoms. The number of benzene rings is 3. The van der Waals surface area contributed by atoms with Crippen LogP contribution in [0.15, 0.2) is 76.6 Å². The Morgan fingerprint density at radius 2 is 1.86 bits per heavy atom. The number of hydrogen-bond acceptors (Lipinski definition) is 10. The molecule has 1 fully saturated rings. The van der Waals surface area contributed by atoms with Gasteiger partial charge in [-0.1, -0.05) is 60.7 Å². The van der Waals surface area contributed by atoms with Gasteiger partial charge in [0, 0.05) is 11.3 Å². The Morgan fingerprint density at radius 1 is 1.07 bits per heavy atom. The second-order valence-corrected chi connectivity index (χ2v) is 12.2. The van der Waals surface area contributed by atoms with Crippen molar-refractivity contribution in [3.05, 3.63) is 94.8 Å². The fourth-order valence-corrected chi connectivity index (χ4v) is 6.71. The average molecular weight is 634 g/mol. The lowest BCUT2D eigenvalue weighted by atomic mass is 9.95. The van der Waals surface area contributed by atoms with E-state index in [1.54, 1.807) is 54.6 Å². The highest BCUT2D eigenvalue weighted by Crippen LogP contribution is 2.45. The van der Waals surface area contributed by atoms with E-state index >= 15 is 0 Å². The van der Waals surface area contributed by atoms with E-state index in [9.17, 15) is 19.1 Å². The van der Waals surface area contributed by atoms with Gasteiger partial charge in [-0.2, -0.15) is 0 Å². The van der Waals surface area contributed by atoms with Gasteiger partial charge in [0.15, 0.2) is 15.8 Å². The second kappa shape index (κ2) is 13.1. The predicted molar refractivity (Wildman–Crippen MR) is 165 cm³/mol. The van der Waals surface area contributed by atoms with Crippen LogP contribution >= 0.6 is 23.1 Å². The number of unbranched alkanes of at least 4 members (excludes halogenated alkanes) is 1. The van der Waals surface area contributed by atoms with Crippen LogP contribution in [-0.2, 0) is 15.3 Å². The molecule has 1 amide bonds. The number of ketones is 1. The van der Waals surface area contributed by atoms with Crippen molar-refractivity contribution in [2.45, 2.75) is 35.9 Å². The monoisotopic (exact) mass is 633 g/mol. The average Bonchev–Trinajstić information content (AvgIpc) is 3.62. The summed E-state index contributed by atoms with van der Waals surface area (Å²) < 4.78 is 31.1. The van der Waals surface area contributed by atoms with Crippen LogP contribution in [0.25, 0.3) is 5.76 Å². The molecule has 1 unspecified atom stereocenters. The maximum atomic E-state index is 13.6. The number of aliphatic hydroxyl groups is 1. The Kier molecular flexibility index (Phi) is 8.80. The number of rotatable bonds is 10. The topological polar surface area (TPSA) is 111 Å². The fraction of sp³-hybridized carbons (Fsp3) is 0.250. The van der Waals surface area contributed by atoms with Gasteiger partial charge in [0.2, 0.25) is 5.13 Å². The summed E-state index contributed by atoms with van der Waals surface area (Å²) in [6.07, 6.45) is 1.84. The number of carbonyl (C=O) groups is 2. The van der Waals surface area contributed by atoms with E-state index in [2.05, 4.69) is 17.1 Å². The maximum Gasteiger partial charge on any atom is 0.301 e. The standard InChI is InChI=1S/C32H28FN3O6S2/c1-2-3-13-40-23-6-4-5-20(16-23)27-26(28(37)21-9-12-24-25(17-21)42-15-14-41-24)29(38)30(39)36(27)31-34-35-32(44-31)43-18-19-7-10-22(33)11-8-19/h4-12,16-17,27,37H,2-3,13-15,18H2,1H3. The summed E-state index contributed by atoms with van der Waals surface area (Å²) >= 11 is 2.53. The molecule has 0 saturated carbocycles. The smallest absolute Gasteiger partial charge is 0.301 e. The van der Waals surface area contributed by atoms with Crippen LogP contribution in [0.4, 0.5) is 9.52 Å². The molecule has 0 bridgehead atoms. The fourth-order valence-electron chi connectivity index (χ4n) is 4.88. The van der Waals surface area contributed by atoms with Crippen molar-refractivity contribution < 1.29 is 33.3 Å². The quantitative estimate of drug-likeness (QED) is 0.0519. The molecule has 4 aromatic rings. The highest BCUT2D eigenvalue weighted by molar-refractivity contribution is 8.00. The van der Waals surface area contributed by atoms with Gasteiger partial charge in [0.05, 0.1) is 18.2 Å². The van der Waals surface area contributed by atoms with Gasteiger partial charge in [-0.3, -0.25) is 14.5 Å². The number of hydrogen-bond donors (Lipinski definition) is 1. The Labute approximate surface area is 261 Å². The van der Waals surface area contributed by atoms with Crippen LogP contribution in [0.5, 0.6) is 17.2 Å². The molecular weight excluding hydrogens is 605 g/mol. The van der Waals surface area contributed by atoms with E-state index in [1.807, 2.05) is 0 Å². The Hall–Kier alpha value is -4.42. The van der Waals surface area contributed by atoms with Gasteiger partial charge in [0.1, 0.15) is 30.5 Å². The first-order chi connectivity index (χ1) is 21.4. The molecule has 1 N–H and O–H groups in total. The third-order valence-electron chi connectivity index (χ3n) is 7.08. The minimum Gasteiger partial charge on any atom is -0.507 e. The van der Waals surface area contributed by atoms with E-state index in [0.717, 1.165) is 29.7 Å². The Morgan fingerprint density at radius 3 is 2.66 bits per heavy atom. The lowest BCUT2D eigenvalue weighted by Crippen LogP contribution is -2.29. The first-order valence-electron chi connectivity index (χ1n) is 14.1. The van der Waals surface area contributed by atoms with Crippen LogP contribution < -0.4 is 19.1 Å². The zero-order valence-electron chi connectivity index (χ0n) is 23.7. The lowest BCUT2D eigenvalue weighted by Gasteiger charge is -2.23. The van der Waals surface area contributed by atoms with Crippen molar-refractivity contribution in [3.63, 3.8) is 0 Å². The van der Waals surface area contributed by atoms with Gasteiger partial charge < -0.3 is 19.3 Å². The van der Waals surface area contributed by atoms with Gasteiger partial charge in [0.25, 0.3) is 5.78 Å². The second-order valence-electron chi connectivity index (χ2n) is 10.1. The minimum absolute atomic E-state index is 0.0897. The molecule has 2 aliphatic heterocycles. The molecule has 2 aliphatic rings. The number of Topliss-reactive ketones (excluding diaryl/α,β-unsaturated/α-hetero) is 1. The van der Waals surface area contributed by atoms with E-state index in [1.165, 1.54) is 28.8 Å². The molecule has 44 heavy (non-hydrogen) atoms. The number of nitrogens with zero attached hydrogens (tertiary/aromatic N) is 3. The van der Waals surface area contributed by atoms with Crippen LogP contribution in [0.3, 0.4) is 0 Å². The van der Waals surface area contributed by atoms with Crippen molar-refractivity contribution in [1.29, 1.82) is 0 Å². The third kappa shape index (κ3) is 6.13. The molecule has 226 valence electrons. The molecule has 0 radical (unpaired) electrons. The van der Waals surface area contributed by atoms with E-state index in [4.69, 9.17) is 14.2 Å². The van der Waals surface area contributed by atoms with Crippen molar-refractivity contribution in [1.82, 2.24) is 10.2 Å². The van der Waals surface area contributed by atoms with E-state index in [0.29, 0.717) is 58.3 Å². The molecule has 1 atom stereocenters. The van der Waals surface area contributed by atoms with Gasteiger partial charge >= 0.3 is 5.91 Å². The number of thioether (sulfide) groups is 1.